The summed E-state index contributed by atoms with van der Waals surface area (Å²) < 4.78 is 5.52. The lowest BCUT2D eigenvalue weighted by atomic mass is 9.86. The number of nitrogens with zero attached hydrogens (tertiary/aromatic N) is 3. The monoisotopic (exact) mass is 419 g/mol. The molecular formula is C25H33N5O. The van der Waals surface area contributed by atoms with E-state index in [2.05, 4.69) is 57.0 Å². The molecule has 0 unspecified atom stereocenters. The number of nitrogens with one attached hydrogen (secondary N) is 2. The van der Waals surface area contributed by atoms with E-state index in [0.29, 0.717) is 6.04 Å². The first kappa shape index (κ1) is 21.4. The standard InChI is InChI=1S/C25H33N5O/c1-30(2)24-14-15-27-25(29-24)28-20-11-8-18(9-12-20)16-26-17-19-10-13-23(31-3)22-7-5-4-6-21(19)22/h4-7,10,13-15,18,20,26H,8-9,11-12,16-17H2,1-3H3,(H,27,28,29)/t18-,20+. The SMILES string of the molecule is COc1ccc(CNC[C@H]2CC[C@@H](Nc3nccc(N(C)C)n3)CC2)c2ccccc12. The lowest BCUT2D eigenvalue weighted by Gasteiger charge is -2.29. The first-order chi connectivity index (χ1) is 15.1. The fourth-order valence-electron chi connectivity index (χ4n) is 4.44. The molecule has 31 heavy (non-hydrogen) atoms. The van der Waals surface area contributed by atoms with Crippen molar-refractivity contribution in [2.24, 2.45) is 5.92 Å². The van der Waals surface area contributed by atoms with E-state index in [9.17, 15) is 0 Å². The minimum atomic E-state index is 0.458. The third kappa shape index (κ3) is 5.25. The van der Waals surface area contributed by atoms with Gasteiger partial charge in [-0.05, 0) is 61.2 Å². The van der Waals surface area contributed by atoms with E-state index in [4.69, 9.17) is 4.74 Å². The van der Waals surface area contributed by atoms with Crippen molar-refractivity contribution < 1.29 is 4.74 Å². The van der Waals surface area contributed by atoms with Crippen molar-refractivity contribution in [3.63, 3.8) is 0 Å². The molecule has 164 valence electrons. The number of methoxy groups -OCH3 is 1. The van der Waals surface area contributed by atoms with Crippen LogP contribution in [0.15, 0.2) is 48.7 Å². The van der Waals surface area contributed by atoms with Crippen molar-refractivity contribution in [1.82, 2.24) is 15.3 Å². The topological polar surface area (TPSA) is 62.3 Å². The minimum Gasteiger partial charge on any atom is -0.496 e. The Morgan fingerprint density at radius 1 is 1.00 bits per heavy atom. The van der Waals surface area contributed by atoms with Gasteiger partial charge in [-0.1, -0.05) is 30.3 Å². The number of rotatable bonds is 8. The molecule has 1 saturated carbocycles. The Hall–Kier alpha value is -2.86. The normalized spacial score (nSPS) is 18.7. The predicted octanol–water partition coefficient (Wildman–Crippen LogP) is 4.46. The number of anilines is 2. The van der Waals surface area contributed by atoms with Crippen molar-refractivity contribution in [2.45, 2.75) is 38.3 Å². The van der Waals surface area contributed by atoms with Crippen LogP contribution in [0.25, 0.3) is 10.8 Å². The maximum Gasteiger partial charge on any atom is 0.224 e. The molecular weight excluding hydrogens is 386 g/mol. The lowest BCUT2D eigenvalue weighted by molar-refractivity contribution is 0.324. The smallest absolute Gasteiger partial charge is 0.224 e. The summed E-state index contributed by atoms with van der Waals surface area (Å²) in [4.78, 5) is 11.0. The third-order valence-corrected chi connectivity index (χ3v) is 6.22. The molecule has 1 aliphatic rings. The molecule has 0 amide bonds. The van der Waals surface area contributed by atoms with Crippen LogP contribution in [0.4, 0.5) is 11.8 Å². The van der Waals surface area contributed by atoms with Crippen molar-refractivity contribution in [3.8, 4) is 5.75 Å². The van der Waals surface area contributed by atoms with Gasteiger partial charge in [0.05, 0.1) is 7.11 Å². The highest BCUT2D eigenvalue weighted by molar-refractivity contribution is 5.91. The highest BCUT2D eigenvalue weighted by Gasteiger charge is 2.21. The van der Waals surface area contributed by atoms with Crippen LogP contribution in [0.5, 0.6) is 5.75 Å². The Balaban J connectivity index is 1.26. The molecule has 0 radical (unpaired) electrons. The van der Waals surface area contributed by atoms with Gasteiger partial charge >= 0.3 is 0 Å². The van der Waals surface area contributed by atoms with Crippen LogP contribution in [0.3, 0.4) is 0 Å². The molecule has 3 aromatic rings. The van der Waals surface area contributed by atoms with Crippen molar-refractivity contribution in [1.29, 1.82) is 0 Å². The summed E-state index contributed by atoms with van der Waals surface area (Å²) >= 11 is 0. The largest absolute Gasteiger partial charge is 0.496 e. The third-order valence-electron chi connectivity index (χ3n) is 6.22. The second kappa shape index (κ2) is 9.96. The van der Waals surface area contributed by atoms with E-state index in [0.717, 1.165) is 49.4 Å². The molecule has 6 heteroatoms. The van der Waals surface area contributed by atoms with Gasteiger partial charge in [-0.25, -0.2) is 4.98 Å². The summed E-state index contributed by atoms with van der Waals surface area (Å²) in [7, 11) is 5.73. The van der Waals surface area contributed by atoms with Gasteiger partial charge < -0.3 is 20.3 Å². The van der Waals surface area contributed by atoms with E-state index in [1.165, 1.54) is 29.2 Å². The Labute approximate surface area is 185 Å². The summed E-state index contributed by atoms with van der Waals surface area (Å²) in [6.07, 6.45) is 6.59. The molecule has 0 atom stereocenters. The molecule has 1 aliphatic carbocycles. The summed E-state index contributed by atoms with van der Waals surface area (Å²) in [5, 5.41) is 9.67. The molecule has 0 saturated heterocycles. The van der Waals surface area contributed by atoms with Crippen LogP contribution in [0.1, 0.15) is 31.2 Å². The zero-order valence-electron chi connectivity index (χ0n) is 18.8. The van der Waals surface area contributed by atoms with Gasteiger partial charge in [-0.2, -0.15) is 4.98 Å². The quantitative estimate of drug-likeness (QED) is 0.562. The Morgan fingerprint density at radius 3 is 2.52 bits per heavy atom. The molecule has 2 aromatic carbocycles. The van der Waals surface area contributed by atoms with E-state index in [1.807, 2.05) is 31.3 Å². The Kier molecular flexibility index (Phi) is 6.87. The van der Waals surface area contributed by atoms with Crippen LogP contribution < -0.4 is 20.3 Å². The molecule has 0 spiro atoms. The number of ether oxygens (including phenoxy) is 1. The van der Waals surface area contributed by atoms with Gasteiger partial charge in [0.1, 0.15) is 11.6 Å². The average Bonchev–Trinajstić information content (AvgIpc) is 2.80. The maximum absolute atomic E-state index is 5.52. The molecule has 0 aliphatic heterocycles. The summed E-state index contributed by atoms with van der Waals surface area (Å²) in [6.45, 7) is 1.94. The Bertz CT molecular complexity index is 998. The van der Waals surface area contributed by atoms with Gasteiger partial charge in [0.15, 0.2) is 0 Å². The minimum absolute atomic E-state index is 0.458. The molecule has 1 aromatic heterocycles. The number of hydrogen-bond acceptors (Lipinski definition) is 6. The van der Waals surface area contributed by atoms with Gasteiger partial charge in [0.25, 0.3) is 0 Å². The summed E-state index contributed by atoms with van der Waals surface area (Å²) in [5.74, 6) is 3.32. The lowest BCUT2D eigenvalue weighted by Crippen LogP contribution is -2.31. The first-order valence-electron chi connectivity index (χ1n) is 11.2. The van der Waals surface area contributed by atoms with Crippen molar-refractivity contribution in [2.75, 3.05) is 38.0 Å². The van der Waals surface area contributed by atoms with Crippen molar-refractivity contribution >= 4 is 22.5 Å². The highest BCUT2D eigenvalue weighted by atomic mass is 16.5. The van der Waals surface area contributed by atoms with Crippen LogP contribution in [-0.4, -0.2) is 43.8 Å². The molecule has 1 heterocycles. The fourth-order valence-corrected chi connectivity index (χ4v) is 4.44. The molecule has 4 rings (SSSR count). The molecule has 0 bridgehead atoms. The second-order valence-electron chi connectivity index (χ2n) is 8.60. The van der Waals surface area contributed by atoms with Gasteiger partial charge in [-0.15, -0.1) is 0 Å². The van der Waals surface area contributed by atoms with Crippen LogP contribution in [0.2, 0.25) is 0 Å². The molecule has 1 fully saturated rings. The predicted molar refractivity (Wildman–Crippen MR) is 128 cm³/mol. The second-order valence-corrected chi connectivity index (χ2v) is 8.60. The van der Waals surface area contributed by atoms with E-state index in [-0.39, 0.29) is 0 Å². The number of hydrogen-bond donors (Lipinski definition) is 2. The molecule has 2 N–H and O–H groups in total. The Morgan fingerprint density at radius 2 is 1.77 bits per heavy atom. The number of fused-ring (bicyclic) bond motifs is 1. The zero-order valence-corrected chi connectivity index (χ0v) is 18.8. The maximum atomic E-state index is 5.52. The van der Waals surface area contributed by atoms with E-state index in [1.54, 1.807) is 7.11 Å². The number of benzene rings is 2. The average molecular weight is 420 g/mol. The summed E-state index contributed by atoms with van der Waals surface area (Å²) in [5.41, 5.74) is 1.32. The highest BCUT2D eigenvalue weighted by Crippen LogP contribution is 2.29. The fraction of sp³-hybridized carbons (Fsp3) is 0.440. The van der Waals surface area contributed by atoms with Gasteiger partial charge in [0.2, 0.25) is 5.95 Å². The van der Waals surface area contributed by atoms with Gasteiger partial charge in [0, 0.05) is 38.3 Å². The van der Waals surface area contributed by atoms with E-state index >= 15 is 0 Å². The first-order valence-corrected chi connectivity index (χ1v) is 11.2. The summed E-state index contributed by atoms with van der Waals surface area (Å²) in [6, 6.07) is 15.1. The van der Waals surface area contributed by atoms with Gasteiger partial charge in [-0.3, -0.25) is 0 Å². The van der Waals surface area contributed by atoms with Crippen LogP contribution in [0, 0.1) is 5.92 Å². The van der Waals surface area contributed by atoms with E-state index < -0.39 is 0 Å². The van der Waals surface area contributed by atoms with Crippen molar-refractivity contribution in [3.05, 3.63) is 54.2 Å². The zero-order chi connectivity index (χ0) is 21.6. The van der Waals surface area contributed by atoms with Crippen LogP contribution >= 0.6 is 0 Å². The van der Waals surface area contributed by atoms with Crippen LogP contribution in [-0.2, 0) is 6.54 Å². The molecule has 6 nitrogen and oxygen atoms in total. The number of aromatic nitrogens is 2.